The Bertz CT molecular complexity index is 431. The standard InChI is InChI=1S/C13H16O3/c1-8(2)9-3-4-10(11(14)7-9)13(5-6-13)12(15)16/h3-4,7-8,14H,5-6H2,1-2H3,(H,15,16). The van der Waals surface area contributed by atoms with E-state index >= 15 is 0 Å². The minimum absolute atomic E-state index is 0.117. The summed E-state index contributed by atoms with van der Waals surface area (Å²) < 4.78 is 0. The van der Waals surface area contributed by atoms with Crippen LogP contribution >= 0.6 is 0 Å². The van der Waals surface area contributed by atoms with E-state index in [9.17, 15) is 9.90 Å². The summed E-state index contributed by atoms with van der Waals surface area (Å²) in [7, 11) is 0. The van der Waals surface area contributed by atoms with Crippen molar-refractivity contribution in [2.45, 2.75) is 38.0 Å². The lowest BCUT2D eigenvalue weighted by atomic mass is 9.92. The molecule has 0 aliphatic heterocycles. The number of aromatic hydroxyl groups is 1. The molecular weight excluding hydrogens is 204 g/mol. The summed E-state index contributed by atoms with van der Waals surface area (Å²) in [5, 5.41) is 19.1. The number of carboxylic acids is 1. The highest BCUT2D eigenvalue weighted by molar-refractivity contribution is 5.86. The second-order valence-corrected chi connectivity index (χ2v) is 4.82. The maximum Gasteiger partial charge on any atom is 0.314 e. The molecule has 2 rings (SSSR count). The van der Waals surface area contributed by atoms with Gasteiger partial charge in [0.1, 0.15) is 5.75 Å². The fourth-order valence-corrected chi connectivity index (χ4v) is 2.04. The molecule has 2 N–H and O–H groups in total. The molecule has 1 aromatic rings. The molecule has 0 unspecified atom stereocenters. The molecule has 1 fully saturated rings. The van der Waals surface area contributed by atoms with Crippen molar-refractivity contribution < 1.29 is 15.0 Å². The summed E-state index contributed by atoms with van der Waals surface area (Å²) in [5.74, 6) is -0.383. The van der Waals surface area contributed by atoms with Gasteiger partial charge in [-0.1, -0.05) is 26.0 Å². The number of aliphatic carboxylic acids is 1. The van der Waals surface area contributed by atoms with Crippen LogP contribution in [-0.4, -0.2) is 16.2 Å². The summed E-state index contributed by atoms with van der Waals surface area (Å²) in [4.78, 5) is 11.1. The van der Waals surface area contributed by atoms with Crippen LogP contribution in [0.1, 0.15) is 43.7 Å². The zero-order chi connectivity index (χ0) is 11.9. The first-order chi connectivity index (χ1) is 7.47. The predicted octanol–water partition coefficient (Wildman–Crippen LogP) is 2.63. The molecule has 3 nitrogen and oxygen atoms in total. The quantitative estimate of drug-likeness (QED) is 0.823. The van der Waals surface area contributed by atoms with Gasteiger partial charge in [0.15, 0.2) is 0 Å². The Kier molecular flexibility index (Phi) is 2.41. The van der Waals surface area contributed by atoms with Gasteiger partial charge in [-0.15, -0.1) is 0 Å². The lowest BCUT2D eigenvalue weighted by Crippen LogP contribution is -2.19. The molecule has 0 atom stereocenters. The Balaban J connectivity index is 2.41. The minimum atomic E-state index is -0.833. The van der Waals surface area contributed by atoms with Gasteiger partial charge in [-0.2, -0.15) is 0 Å². The maximum absolute atomic E-state index is 11.1. The molecule has 0 saturated heterocycles. The van der Waals surface area contributed by atoms with Crippen LogP contribution < -0.4 is 0 Å². The van der Waals surface area contributed by atoms with Crippen LogP contribution in [0.15, 0.2) is 18.2 Å². The summed E-state index contributed by atoms with van der Waals surface area (Å²) >= 11 is 0. The molecule has 1 aromatic carbocycles. The minimum Gasteiger partial charge on any atom is -0.508 e. The third-order valence-electron chi connectivity index (χ3n) is 3.36. The SMILES string of the molecule is CC(C)c1ccc(C2(C(=O)O)CC2)c(O)c1. The molecular formula is C13H16O3. The van der Waals surface area contributed by atoms with E-state index in [1.54, 1.807) is 12.1 Å². The Morgan fingerprint density at radius 1 is 1.38 bits per heavy atom. The smallest absolute Gasteiger partial charge is 0.314 e. The number of rotatable bonds is 3. The van der Waals surface area contributed by atoms with E-state index in [4.69, 9.17) is 5.11 Å². The highest BCUT2D eigenvalue weighted by Crippen LogP contribution is 2.51. The summed E-state index contributed by atoms with van der Waals surface area (Å²) in [6.07, 6.45) is 1.24. The predicted molar refractivity (Wildman–Crippen MR) is 60.7 cm³/mol. The fraction of sp³-hybridized carbons (Fsp3) is 0.462. The van der Waals surface area contributed by atoms with Crippen molar-refractivity contribution in [1.82, 2.24) is 0 Å². The Labute approximate surface area is 94.7 Å². The monoisotopic (exact) mass is 220 g/mol. The van der Waals surface area contributed by atoms with Gasteiger partial charge >= 0.3 is 5.97 Å². The van der Waals surface area contributed by atoms with Gasteiger partial charge in [-0.25, -0.2) is 0 Å². The van der Waals surface area contributed by atoms with Crippen molar-refractivity contribution in [1.29, 1.82) is 0 Å². The first kappa shape index (κ1) is 11.0. The zero-order valence-electron chi connectivity index (χ0n) is 9.53. The van der Waals surface area contributed by atoms with Crippen LogP contribution in [-0.2, 0) is 10.2 Å². The second-order valence-electron chi connectivity index (χ2n) is 4.82. The fourth-order valence-electron chi connectivity index (χ4n) is 2.04. The van der Waals surface area contributed by atoms with Crippen LogP contribution in [0.25, 0.3) is 0 Å². The lowest BCUT2D eigenvalue weighted by Gasteiger charge is -2.14. The molecule has 0 aromatic heterocycles. The molecule has 1 saturated carbocycles. The van der Waals surface area contributed by atoms with Gasteiger partial charge in [-0.05, 0) is 30.4 Å². The topological polar surface area (TPSA) is 57.5 Å². The Morgan fingerprint density at radius 3 is 2.38 bits per heavy atom. The molecule has 0 amide bonds. The number of benzene rings is 1. The van der Waals surface area contributed by atoms with Crippen molar-refractivity contribution in [3.63, 3.8) is 0 Å². The number of phenolic OH excluding ortho intramolecular Hbond substituents is 1. The van der Waals surface area contributed by atoms with Gasteiger partial charge in [-0.3, -0.25) is 4.79 Å². The normalized spacial score (nSPS) is 17.4. The number of carbonyl (C=O) groups is 1. The highest BCUT2D eigenvalue weighted by Gasteiger charge is 2.53. The highest BCUT2D eigenvalue weighted by atomic mass is 16.4. The summed E-state index contributed by atoms with van der Waals surface area (Å²) in [6.45, 7) is 4.08. The molecule has 0 heterocycles. The van der Waals surface area contributed by atoms with Gasteiger partial charge in [0.05, 0.1) is 5.41 Å². The van der Waals surface area contributed by atoms with E-state index in [1.807, 2.05) is 19.9 Å². The largest absolute Gasteiger partial charge is 0.508 e. The van der Waals surface area contributed by atoms with E-state index in [2.05, 4.69) is 0 Å². The van der Waals surface area contributed by atoms with Gasteiger partial charge in [0, 0.05) is 5.56 Å². The van der Waals surface area contributed by atoms with Crippen LogP contribution in [0.4, 0.5) is 0 Å². The van der Waals surface area contributed by atoms with E-state index < -0.39 is 11.4 Å². The number of carboxylic acid groups (broad SMARTS) is 1. The van der Waals surface area contributed by atoms with Crippen molar-refractivity contribution in [3.8, 4) is 5.75 Å². The summed E-state index contributed by atoms with van der Waals surface area (Å²) in [6, 6.07) is 5.34. The second kappa shape index (κ2) is 3.51. The van der Waals surface area contributed by atoms with Crippen molar-refractivity contribution in [3.05, 3.63) is 29.3 Å². The summed E-state index contributed by atoms with van der Waals surface area (Å²) in [5.41, 5.74) is 0.770. The molecule has 16 heavy (non-hydrogen) atoms. The Morgan fingerprint density at radius 2 is 2.00 bits per heavy atom. The zero-order valence-corrected chi connectivity index (χ0v) is 9.53. The number of hydrogen-bond acceptors (Lipinski definition) is 2. The van der Waals surface area contributed by atoms with Crippen LogP contribution in [0.2, 0.25) is 0 Å². The average Bonchev–Trinajstić information content (AvgIpc) is 2.98. The Hall–Kier alpha value is -1.51. The molecule has 0 bridgehead atoms. The van der Waals surface area contributed by atoms with E-state index in [0.29, 0.717) is 24.3 Å². The van der Waals surface area contributed by atoms with E-state index in [0.717, 1.165) is 5.56 Å². The molecule has 0 spiro atoms. The molecule has 1 aliphatic rings. The third kappa shape index (κ3) is 1.56. The first-order valence-corrected chi connectivity index (χ1v) is 5.54. The van der Waals surface area contributed by atoms with Crippen LogP contribution in [0.3, 0.4) is 0 Å². The van der Waals surface area contributed by atoms with Crippen molar-refractivity contribution in [2.75, 3.05) is 0 Å². The lowest BCUT2D eigenvalue weighted by molar-refractivity contribution is -0.140. The van der Waals surface area contributed by atoms with Gasteiger partial charge < -0.3 is 10.2 Å². The van der Waals surface area contributed by atoms with Gasteiger partial charge in [0.2, 0.25) is 0 Å². The number of hydrogen-bond donors (Lipinski definition) is 2. The third-order valence-corrected chi connectivity index (χ3v) is 3.36. The van der Waals surface area contributed by atoms with Gasteiger partial charge in [0.25, 0.3) is 0 Å². The van der Waals surface area contributed by atoms with Crippen LogP contribution in [0, 0.1) is 0 Å². The average molecular weight is 220 g/mol. The van der Waals surface area contributed by atoms with Crippen LogP contribution in [0.5, 0.6) is 5.75 Å². The number of phenols is 1. The van der Waals surface area contributed by atoms with Crippen molar-refractivity contribution >= 4 is 5.97 Å². The molecule has 86 valence electrons. The molecule has 1 aliphatic carbocycles. The van der Waals surface area contributed by atoms with E-state index in [1.165, 1.54) is 0 Å². The first-order valence-electron chi connectivity index (χ1n) is 5.54. The molecule has 3 heteroatoms. The van der Waals surface area contributed by atoms with E-state index in [-0.39, 0.29) is 5.75 Å². The van der Waals surface area contributed by atoms with Crippen molar-refractivity contribution in [2.24, 2.45) is 0 Å². The molecule has 0 radical (unpaired) electrons. The maximum atomic E-state index is 11.1.